The summed E-state index contributed by atoms with van der Waals surface area (Å²) in [5.41, 5.74) is 4.88. The predicted octanol–water partition coefficient (Wildman–Crippen LogP) is -1.41. The van der Waals surface area contributed by atoms with Gasteiger partial charge in [-0.1, -0.05) is 0 Å². The highest BCUT2D eigenvalue weighted by molar-refractivity contribution is 7.89. The zero-order chi connectivity index (χ0) is 14.6. The van der Waals surface area contributed by atoms with E-state index < -0.39 is 22.0 Å². The van der Waals surface area contributed by atoms with Crippen LogP contribution in [-0.2, 0) is 14.8 Å². The number of hydrogen-bond donors (Lipinski definition) is 3. The average molecular weight is 288 g/mol. The fraction of sp³-hybridized carbons (Fsp3) is 0.400. The first-order valence-electron chi connectivity index (χ1n) is 5.35. The van der Waals surface area contributed by atoms with Crippen LogP contribution >= 0.6 is 0 Å². The summed E-state index contributed by atoms with van der Waals surface area (Å²) in [6.07, 6.45) is -0.138. The number of nitrogens with zero attached hydrogens (tertiary/aromatic N) is 2. The van der Waals surface area contributed by atoms with Gasteiger partial charge in [-0.25, -0.2) is 17.7 Å². The largest absolute Gasteiger partial charge is 0.381 e. The van der Waals surface area contributed by atoms with Crippen LogP contribution in [0.5, 0.6) is 0 Å². The SMILES string of the molecule is CN(C)S(=O)(=O)c1ccc(NCC(O)C(N)=O)nc1. The van der Waals surface area contributed by atoms with Crippen molar-refractivity contribution >= 4 is 21.7 Å². The van der Waals surface area contributed by atoms with Gasteiger partial charge < -0.3 is 16.2 Å². The Labute approximate surface area is 111 Å². The fourth-order valence-corrected chi connectivity index (χ4v) is 2.00. The van der Waals surface area contributed by atoms with E-state index in [-0.39, 0.29) is 11.4 Å². The molecule has 4 N–H and O–H groups in total. The quantitative estimate of drug-likeness (QED) is 0.590. The van der Waals surface area contributed by atoms with Crippen molar-refractivity contribution in [1.29, 1.82) is 0 Å². The van der Waals surface area contributed by atoms with Crippen molar-refractivity contribution in [3.8, 4) is 0 Å². The summed E-state index contributed by atoms with van der Waals surface area (Å²) < 4.78 is 24.6. The first-order chi connectivity index (χ1) is 8.75. The number of carbonyl (C=O) groups is 1. The summed E-state index contributed by atoms with van der Waals surface area (Å²) in [6.45, 7) is -0.0951. The topological polar surface area (TPSA) is 126 Å². The molecule has 1 heterocycles. The van der Waals surface area contributed by atoms with Gasteiger partial charge in [0.15, 0.2) is 0 Å². The predicted molar refractivity (Wildman–Crippen MR) is 68.8 cm³/mol. The Balaban J connectivity index is 2.75. The molecule has 1 aromatic rings. The molecule has 1 atom stereocenters. The molecule has 9 heteroatoms. The maximum absolute atomic E-state index is 11.8. The van der Waals surface area contributed by atoms with E-state index in [2.05, 4.69) is 10.3 Å². The number of hydrogen-bond acceptors (Lipinski definition) is 6. The maximum Gasteiger partial charge on any atom is 0.248 e. The lowest BCUT2D eigenvalue weighted by Gasteiger charge is -2.12. The van der Waals surface area contributed by atoms with Gasteiger partial charge in [-0.3, -0.25) is 4.79 Å². The lowest BCUT2D eigenvalue weighted by Crippen LogP contribution is -2.34. The standard InChI is InChI=1S/C10H16N4O4S/c1-14(2)19(17,18)7-3-4-9(12-5-7)13-6-8(15)10(11)16/h3-5,8,15H,6H2,1-2H3,(H2,11,16)(H,12,13). The highest BCUT2D eigenvalue weighted by atomic mass is 32.2. The van der Waals surface area contributed by atoms with Crippen LogP contribution in [0.25, 0.3) is 0 Å². The zero-order valence-electron chi connectivity index (χ0n) is 10.6. The molecule has 0 fully saturated rings. The van der Waals surface area contributed by atoms with E-state index >= 15 is 0 Å². The van der Waals surface area contributed by atoms with E-state index in [1.165, 1.54) is 32.4 Å². The first kappa shape index (κ1) is 15.3. The third kappa shape index (κ3) is 3.88. The minimum Gasteiger partial charge on any atom is -0.381 e. The number of primary amides is 1. The molecule has 0 spiro atoms. The second kappa shape index (κ2) is 5.95. The van der Waals surface area contributed by atoms with Crippen molar-refractivity contribution in [3.05, 3.63) is 18.3 Å². The minimum absolute atomic E-state index is 0.0542. The van der Waals surface area contributed by atoms with Gasteiger partial charge in [0.25, 0.3) is 0 Å². The van der Waals surface area contributed by atoms with E-state index in [1.807, 2.05) is 0 Å². The minimum atomic E-state index is -3.52. The summed E-state index contributed by atoms with van der Waals surface area (Å²) >= 11 is 0. The van der Waals surface area contributed by atoms with Crippen molar-refractivity contribution in [1.82, 2.24) is 9.29 Å². The number of amides is 1. The molecule has 106 valence electrons. The fourth-order valence-electron chi connectivity index (χ4n) is 1.15. The molecule has 0 aliphatic heterocycles. The van der Waals surface area contributed by atoms with Crippen molar-refractivity contribution in [2.24, 2.45) is 5.73 Å². The second-order valence-electron chi connectivity index (χ2n) is 3.97. The van der Waals surface area contributed by atoms with Crippen molar-refractivity contribution in [2.45, 2.75) is 11.0 Å². The van der Waals surface area contributed by atoms with E-state index in [0.717, 1.165) is 4.31 Å². The summed E-state index contributed by atoms with van der Waals surface area (Å²) in [5, 5.41) is 11.8. The van der Waals surface area contributed by atoms with E-state index in [0.29, 0.717) is 5.82 Å². The molecule has 8 nitrogen and oxygen atoms in total. The number of pyridine rings is 1. The molecular weight excluding hydrogens is 272 g/mol. The number of anilines is 1. The smallest absolute Gasteiger partial charge is 0.248 e. The van der Waals surface area contributed by atoms with Gasteiger partial charge in [-0.05, 0) is 12.1 Å². The molecule has 1 unspecified atom stereocenters. The zero-order valence-corrected chi connectivity index (χ0v) is 11.4. The van der Waals surface area contributed by atoms with E-state index in [9.17, 15) is 18.3 Å². The maximum atomic E-state index is 11.8. The highest BCUT2D eigenvalue weighted by Gasteiger charge is 2.17. The first-order valence-corrected chi connectivity index (χ1v) is 6.79. The Bertz CT molecular complexity index is 541. The Morgan fingerprint density at radius 3 is 2.58 bits per heavy atom. The van der Waals surface area contributed by atoms with Gasteiger partial charge in [-0.2, -0.15) is 0 Å². The number of aromatic nitrogens is 1. The second-order valence-corrected chi connectivity index (χ2v) is 6.12. The molecule has 0 aliphatic rings. The number of sulfonamides is 1. The van der Waals surface area contributed by atoms with Crippen LogP contribution in [0.15, 0.2) is 23.2 Å². The third-order valence-corrected chi connectivity index (χ3v) is 4.12. The normalized spacial score (nSPS) is 13.3. The molecule has 1 amide bonds. The van der Waals surface area contributed by atoms with Crippen LogP contribution < -0.4 is 11.1 Å². The van der Waals surface area contributed by atoms with Crippen molar-refractivity contribution in [3.63, 3.8) is 0 Å². The van der Waals surface area contributed by atoms with Crippen LogP contribution in [0.4, 0.5) is 5.82 Å². The van der Waals surface area contributed by atoms with Crippen molar-refractivity contribution < 1.29 is 18.3 Å². The Morgan fingerprint density at radius 1 is 1.53 bits per heavy atom. The van der Waals surface area contributed by atoms with Gasteiger partial charge in [0.05, 0.1) is 6.54 Å². The van der Waals surface area contributed by atoms with Gasteiger partial charge in [0.2, 0.25) is 15.9 Å². The lowest BCUT2D eigenvalue weighted by molar-refractivity contribution is -0.125. The molecule has 0 bridgehead atoms. The molecule has 0 radical (unpaired) electrons. The lowest BCUT2D eigenvalue weighted by atomic mass is 10.3. The number of nitrogens with one attached hydrogen (secondary N) is 1. The number of aliphatic hydroxyl groups is 1. The van der Waals surface area contributed by atoms with Gasteiger partial charge in [-0.15, -0.1) is 0 Å². The number of rotatable bonds is 6. The molecule has 19 heavy (non-hydrogen) atoms. The molecule has 1 rings (SSSR count). The highest BCUT2D eigenvalue weighted by Crippen LogP contribution is 2.13. The summed E-state index contributed by atoms with van der Waals surface area (Å²) in [6, 6.07) is 2.81. The van der Waals surface area contributed by atoms with E-state index in [4.69, 9.17) is 5.73 Å². The van der Waals surface area contributed by atoms with Crippen molar-refractivity contribution in [2.75, 3.05) is 26.0 Å². The summed E-state index contributed by atoms with van der Waals surface area (Å²) in [5.74, 6) is -0.516. The molecule has 0 saturated heterocycles. The summed E-state index contributed by atoms with van der Waals surface area (Å²) in [7, 11) is -0.676. The van der Waals surface area contributed by atoms with Gasteiger partial charge in [0.1, 0.15) is 16.8 Å². The number of nitrogens with two attached hydrogens (primary N) is 1. The van der Waals surface area contributed by atoms with Gasteiger partial charge in [0, 0.05) is 20.3 Å². The van der Waals surface area contributed by atoms with Gasteiger partial charge >= 0.3 is 0 Å². The molecule has 0 saturated carbocycles. The monoisotopic (exact) mass is 288 g/mol. The Morgan fingerprint density at radius 2 is 2.16 bits per heavy atom. The Kier molecular flexibility index (Phi) is 4.81. The number of carbonyl (C=O) groups excluding carboxylic acids is 1. The Hall–Kier alpha value is -1.71. The number of aliphatic hydroxyl groups excluding tert-OH is 1. The third-order valence-electron chi connectivity index (χ3n) is 2.32. The van der Waals surface area contributed by atoms with Crippen LogP contribution in [0.3, 0.4) is 0 Å². The molecule has 0 aromatic carbocycles. The van der Waals surface area contributed by atoms with Crippen LogP contribution in [-0.4, -0.2) is 55.5 Å². The van der Waals surface area contributed by atoms with Crippen LogP contribution in [0.2, 0.25) is 0 Å². The van der Waals surface area contributed by atoms with E-state index in [1.54, 1.807) is 0 Å². The van der Waals surface area contributed by atoms with Crippen LogP contribution in [0, 0.1) is 0 Å². The average Bonchev–Trinajstić information content (AvgIpc) is 2.36. The molecular formula is C10H16N4O4S. The summed E-state index contributed by atoms with van der Waals surface area (Å²) in [4.78, 5) is 14.5. The van der Waals surface area contributed by atoms with Crippen LogP contribution in [0.1, 0.15) is 0 Å². The molecule has 0 aliphatic carbocycles. The molecule has 1 aromatic heterocycles.